The highest BCUT2D eigenvalue weighted by atomic mass is 19.1. The van der Waals surface area contributed by atoms with E-state index in [1.165, 1.54) is 24.1 Å². The maximum Gasteiger partial charge on any atom is 0.337 e. The summed E-state index contributed by atoms with van der Waals surface area (Å²) in [6.07, 6.45) is 4.52. The predicted octanol–water partition coefficient (Wildman–Crippen LogP) is 4.53. The Morgan fingerprint density at radius 3 is 2.76 bits per heavy atom. The number of carbonyl (C=O) groups excluding carboxylic acids is 2. The molecular formula is C24H25FN4O4. The number of rotatable bonds is 3. The highest BCUT2D eigenvalue weighted by Gasteiger charge is 2.41. The van der Waals surface area contributed by atoms with Gasteiger partial charge in [0.05, 0.1) is 41.4 Å². The summed E-state index contributed by atoms with van der Waals surface area (Å²) >= 11 is 0. The molecule has 2 aliphatic rings. The minimum Gasteiger partial charge on any atom is -0.465 e. The topological polar surface area (TPSA) is 85.7 Å². The normalized spacial score (nSPS) is 19.8. The quantitative estimate of drug-likeness (QED) is 0.588. The molecule has 9 heteroatoms. The summed E-state index contributed by atoms with van der Waals surface area (Å²) in [4.78, 5) is 26.6. The number of carbonyl (C=O) groups is 2. The van der Waals surface area contributed by atoms with Gasteiger partial charge in [-0.05, 0) is 63.4 Å². The first kappa shape index (κ1) is 21.4. The molecule has 1 atom stereocenters. The van der Waals surface area contributed by atoms with Crippen LogP contribution in [0.5, 0.6) is 0 Å². The van der Waals surface area contributed by atoms with Gasteiger partial charge in [-0.2, -0.15) is 5.10 Å². The highest BCUT2D eigenvalue weighted by molar-refractivity contribution is 6.14. The van der Waals surface area contributed by atoms with Crippen molar-refractivity contribution in [2.45, 2.75) is 44.9 Å². The van der Waals surface area contributed by atoms with Gasteiger partial charge < -0.3 is 14.8 Å². The number of ether oxygens (including phenoxy) is 2. The van der Waals surface area contributed by atoms with Gasteiger partial charge in [-0.1, -0.05) is 0 Å². The third-order valence-electron chi connectivity index (χ3n) is 6.18. The monoisotopic (exact) mass is 452 g/mol. The molecule has 5 rings (SSSR count). The minimum absolute atomic E-state index is 0.0582. The molecule has 8 nitrogen and oxygen atoms in total. The van der Waals surface area contributed by atoms with Gasteiger partial charge in [0.25, 0.3) is 5.91 Å². The second-order valence-corrected chi connectivity index (χ2v) is 8.89. The summed E-state index contributed by atoms with van der Waals surface area (Å²) in [5.74, 6) is -1.66. The van der Waals surface area contributed by atoms with E-state index in [0.717, 1.165) is 36.2 Å². The van der Waals surface area contributed by atoms with Crippen molar-refractivity contribution in [2.24, 2.45) is 0 Å². The fourth-order valence-corrected chi connectivity index (χ4v) is 4.46. The summed E-state index contributed by atoms with van der Waals surface area (Å²) in [6.45, 7) is 4.17. The molecule has 1 aromatic heterocycles. The molecule has 0 aliphatic carbocycles. The summed E-state index contributed by atoms with van der Waals surface area (Å²) in [5.41, 5.74) is 1.15. The first-order valence-corrected chi connectivity index (χ1v) is 10.9. The number of hydrogen-bond acceptors (Lipinski definition) is 6. The lowest BCUT2D eigenvalue weighted by atomic mass is 9.96. The predicted molar refractivity (Wildman–Crippen MR) is 121 cm³/mol. The maximum absolute atomic E-state index is 15.2. The lowest BCUT2D eigenvalue weighted by Crippen LogP contribution is -2.52. The molecular weight excluding hydrogens is 427 g/mol. The number of amides is 1. The van der Waals surface area contributed by atoms with Crippen molar-refractivity contribution >= 4 is 39.8 Å². The fraction of sp³-hybridized carbons (Fsp3) is 0.375. The van der Waals surface area contributed by atoms with Gasteiger partial charge in [-0.25, -0.2) is 13.9 Å². The van der Waals surface area contributed by atoms with Crippen LogP contribution in [0.4, 0.5) is 21.5 Å². The number of methoxy groups -OCH3 is 1. The Balaban J connectivity index is 1.66. The molecule has 3 heterocycles. The summed E-state index contributed by atoms with van der Waals surface area (Å²) in [5, 5.41) is 8.70. The Morgan fingerprint density at radius 2 is 2.06 bits per heavy atom. The lowest BCUT2D eigenvalue weighted by Gasteiger charge is -2.40. The zero-order chi connectivity index (χ0) is 23.3. The Kier molecular flexibility index (Phi) is 5.08. The van der Waals surface area contributed by atoms with Crippen LogP contribution >= 0.6 is 0 Å². The van der Waals surface area contributed by atoms with Gasteiger partial charge in [0.2, 0.25) is 0 Å². The molecule has 3 aromatic rings. The highest BCUT2D eigenvalue weighted by Crippen LogP contribution is 2.43. The van der Waals surface area contributed by atoms with Gasteiger partial charge in [-0.15, -0.1) is 0 Å². The molecule has 1 saturated heterocycles. The largest absolute Gasteiger partial charge is 0.465 e. The van der Waals surface area contributed by atoms with Crippen molar-refractivity contribution in [1.82, 2.24) is 9.78 Å². The molecule has 1 N–H and O–H groups in total. The van der Waals surface area contributed by atoms with Crippen molar-refractivity contribution < 1.29 is 23.5 Å². The molecule has 1 amide bonds. The van der Waals surface area contributed by atoms with Crippen LogP contribution < -0.4 is 10.2 Å². The van der Waals surface area contributed by atoms with E-state index in [0.29, 0.717) is 18.0 Å². The van der Waals surface area contributed by atoms with E-state index in [4.69, 9.17) is 4.74 Å². The van der Waals surface area contributed by atoms with Gasteiger partial charge in [-0.3, -0.25) is 9.69 Å². The molecule has 2 aliphatic heterocycles. The molecule has 1 fully saturated rings. The molecule has 172 valence electrons. The first-order chi connectivity index (χ1) is 15.8. The van der Waals surface area contributed by atoms with Gasteiger partial charge in [0.1, 0.15) is 11.4 Å². The lowest BCUT2D eigenvalue weighted by molar-refractivity contribution is -0.121. The van der Waals surface area contributed by atoms with Crippen LogP contribution in [-0.2, 0) is 14.3 Å². The van der Waals surface area contributed by atoms with Crippen LogP contribution in [0.3, 0.4) is 0 Å². The number of anilines is 3. The Morgan fingerprint density at radius 1 is 1.24 bits per heavy atom. The van der Waals surface area contributed by atoms with Crippen molar-refractivity contribution in [3.63, 3.8) is 0 Å². The average molecular weight is 452 g/mol. The van der Waals surface area contributed by atoms with Crippen LogP contribution in [0.1, 0.15) is 49.7 Å². The van der Waals surface area contributed by atoms with Crippen molar-refractivity contribution in [3.8, 4) is 0 Å². The summed E-state index contributed by atoms with van der Waals surface area (Å²) in [6, 6.07) is 7.71. The zero-order valence-corrected chi connectivity index (χ0v) is 18.7. The van der Waals surface area contributed by atoms with E-state index in [1.54, 1.807) is 20.0 Å². The van der Waals surface area contributed by atoms with Crippen LogP contribution in [-0.4, -0.2) is 40.9 Å². The third kappa shape index (κ3) is 3.52. The van der Waals surface area contributed by atoms with E-state index in [1.807, 2.05) is 16.8 Å². The first-order valence-electron chi connectivity index (χ1n) is 10.9. The molecule has 1 unspecified atom stereocenters. The van der Waals surface area contributed by atoms with Gasteiger partial charge in [0.15, 0.2) is 6.23 Å². The number of halogens is 1. The molecule has 0 radical (unpaired) electrons. The second-order valence-electron chi connectivity index (χ2n) is 8.89. The van der Waals surface area contributed by atoms with Crippen molar-refractivity contribution in [2.75, 3.05) is 23.9 Å². The van der Waals surface area contributed by atoms with Crippen LogP contribution in [0, 0.1) is 5.82 Å². The number of aromatic nitrogens is 2. The number of fused-ring (bicyclic) bond motifs is 2. The van der Waals surface area contributed by atoms with Crippen LogP contribution in [0.15, 0.2) is 36.5 Å². The fourth-order valence-electron chi connectivity index (χ4n) is 4.46. The minimum atomic E-state index is -0.976. The zero-order valence-electron chi connectivity index (χ0n) is 18.7. The van der Waals surface area contributed by atoms with E-state index in [2.05, 4.69) is 15.2 Å². The molecule has 0 saturated carbocycles. The maximum atomic E-state index is 15.2. The number of benzene rings is 2. The van der Waals surface area contributed by atoms with E-state index < -0.39 is 17.3 Å². The number of esters is 1. The van der Waals surface area contributed by atoms with Crippen LogP contribution in [0.25, 0.3) is 10.9 Å². The number of hydrogen-bond donors (Lipinski definition) is 1. The van der Waals surface area contributed by atoms with E-state index >= 15 is 4.39 Å². The Labute approximate surface area is 190 Å². The standard InChI is InChI=1S/C24H25FN4O4/c1-24(2)23(31)28(18-8-7-14(10-16(18)25)22(30)32-3)20-12-19-15(11-17(20)27-24)13-26-29(19)21-6-4-5-9-33-21/h7-8,10-13,21,27H,4-6,9H2,1-3H3. The average Bonchev–Trinajstić information content (AvgIpc) is 3.22. The van der Waals surface area contributed by atoms with E-state index in [-0.39, 0.29) is 23.4 Å². The summed E-state index contributed by atoms with van der Waals surface area (Å²) in [7, 11) is 1.23. The Bertz CT molecular complexity index is 1260. The molecule has 0 bridgehead atoms. The number of nitrogens with zero attached hydrogens (tertiary/aromatic N) is 3. The molecule has 2 aromatic carbocycles. The molecule has 33 heavy (non-hydrogen) atoms. The van der Waals surface area contributed by atoms with Gasteiger partial charge >= 0.3 is 5.97 Å². The van der Waals surface area contributed by atoms with E-state index in [9.17, 15) is 9.59 Å². The molecule has 0 spiro atoms. The van der Waals surface area contributed by atoms with Crippen LogP contribution in [0.2, 0.25) is 0 Å². The third-order valence-corrected chi connectivity index (χ3v) is 6.18. The Hall–Kier alpha value is -3.46. The number of nitrogens with one attached hydrogen (secondary N) is 1. The smallest absolute Gasteiger partial charge is 0.337 e. The SMILES string of the molecule is COC(=O)c1ccc(N2C(=O)C(C)(C)Nc3cc4cnn(C5CCCCO5)c4cc32)c(F)c1. The van der Waals surface area contributed by atoms with Crippen molar-refractivity contribution in [1.29, 1.82) is 0 Å². The summed E-state index contributed by atoms with van der Waals surface area (Å²) < 4.78 is 27.6. The van der Waals surface area contributed by atoms with Gasteiger partial charge in [0, 0.05) is 12.0 Å². The second kappa shape index (κ2) is 7.84. The van der Waals surface area contributed by atoms with Crippen molar-refractivity contribution in [3.05, 3.63) is 47.9 Å².